The maximum Gasteiger partial charge on any atom is 0.264 e. The van der Waals surface area contributed by atoms with Gasteiger partial charge in [-0.2, -0.15) is 4.98 Å². The van der Waals surface area contributed by atoms with Crippen molar-refractivity contribution in [3.05, 3.63) is 41.3 Å². The second-order valence-electron chi connectivity index (χ2n) is 4.51. The van der Waals surface area contributed by atoms with Crippen molar-refractivity contribution in [3.63, 3.8) is 0 Å². The summed E-state index contributed by atoms with van der Waals surface area (Å²) in [6, 6.07) is 4.33. The zero-order valence-electron chi connectivity index (χ0n) is 11.5. The minimum Gasteiger partial charge on any atom is -0.481 e. The predicted octanol–water partition coefficient (Wildman–Crippen LogP) is 2.79. The summed E-state index contributed by atoms with van der Waals surface area (Å²) < 4.78 is 24.0. The first-order chi connectivity index (χ1) is 9.60. The largest absolute Gasteiger partial charge is 0.481 e. The first-order valence-electron chi connectivity index (χ1n) is 6.52. The van der Waals surface area contributed by atoms with Crippen LogP contribution in [0.15, 0.2) is 22.7 Å². The van der Waals surface area contributed by atoms with Crippen LogP contribution in [-0.4, -0.2) is 15.2 Å². The van der Waals surface area contributed by atoms with Gasteiger partial charge in [0.25, 0.3) is 5.89 Å². The van der Waals surface area contributed by atoms with E-state index in [4.69, 9.17) is 9.26 Å². The van der Waals surface area contributed by atoms with Gasteiger partial charge in [0.1, 0.15) is 0 Å². The Morgan fingerprint density at radius 1 is 1.45 bits per heavy atom. The number of aryl methyl sites for hydroxylation is 1. The summed E-state index contributed by atoms with van der Waals surface area (Å²) >= 11 is 0. The number of aliphatic hydroxyl groups is 1. The van der Waals surface area contributed by atoms with Crippen molar-refractivity contribution < 1.29 is 18.8 Å². The van der Waals surface area contributed by atoms with E-state index in [-0.39, 0.29) is 12.4 Å². The Morgan fingerprint density at radius 3 is 2.90 bits per heavy atom. The van der Waals surface area contributed by atoms with Crippen molar-refractivity contribution in [2.24, 2.45) is 0 Å². The van der Waals surface area contributed by atoms with Gasteiger partial charge in [0.05, 0.1) is 6.10 Å². The molecule has 0 saturated carbocycles. The molecule has 20 heavy (non-hydrogen) atoms. The van der Waals surface area contributed by atoms with Crippen LogP contribution >= 0.6 is 0 Å². The smallest absolute Gasteiger partial charge is 0.264 e. The summed E-state index contributed by atoms with van der Waals surface area (Å²) in [6.07, 6.45) is 0.946. The monoisotopic (exact) mass is 280 g/mol. The number of nitrogens with zero attached hydrogens (tertiary/aromatic N) is 2. The molecule has 0 amide bonds. The van der Waals surface area contributed by atoms with E-state index in [1.54, 1.807) is 13.0 Å². The topological polar surface area (TPSA) is 68.4 Å². The van der Waals surface area contributed by atoms with E-state index >= 15 is 0 Å². The Hall–Kier alpha value is -1.95. The van der Waals surface area contributed by atoms with E-state index in [0.29, 0.717) is 17.3 Å². The van der Waals surface area contributed by atoms with Crippen LogP contribution < -0.4 is 4.74 Å². The normalized spacial score (nSPS) is 12.4. The number of aliphatic hydroxyl groups excluding tert-OH is 1. The Kier molecular flexibility index (Phi) is 4.68. The molecule has 0 aliphatic carbocycles. The Bertz CT molecular complexity index is 569. The number of hydrogen-bond acceptors (Lipinski definition) is 5. The maximum atomic E-state index is 13.7. The molecule has 2 rings (SSSR count). The lowest BCUT2D eigenvalue weighted by Gasteiger charge is -2.08. The second kappa shape index (κ2) is 6.47. The molecule has 0 radical (unpaired) electrons. The van der Waals surface area contributed by atoms with Crippen LogP contribution in [0, 0.1) is 5.82 Å². The second-order valence-corrected chi connectivity index (χ2v) is 4.51. The summed E-state index contributed by atoms with van der Waals surface area (Å²) in [5.74, 6) is 0.491. The van der Waals surface area contributed by atoms with Gasteiger partial charge in [-0.1, -0.05) is 18.1 Å². The zero-order chi connectivity index (χ0) is 14.5. The van der Waals surface area contributed by atoms with Gasteiger partial charge in [-0.15, -0.1) is 0 Å². The molecule has 0 unspecified atom stereocenters. The molecule has 6 heteroatoms. The summed E-state index contributed by atoms with van der Waals surface area (Å²) in [7, 11) is 0. The fourth-order valence-electron chi connectivity index (χ4n) is 1.71. The molecule has 1 heterocycles. The molecule has 0 fully saturated rings. The van der Waals surface area contributed by atoms with E-state index in [1.807, 2.05) is 6.92 Å². The Labute approximate surface area is 116 Å². The van der Waals surface area contributed by atoms with Crippen LogP contribution in [-0.2, 0) is 13.0 Å². The predicted molar refractivity (Wildman–Crippen MR) is 69.7 cm³/mol. The van der Waals surface area contributed by atoms with Crippen molar-refractivity contribution in [2.45, 2.75) is 39.4 Å². The molecule has 5 nitrogen and oxygen atoms in total. The third-order valence-corrected chi connectivity index (χ3v) is 2.77. The number of hydrogen-bond donors (Lipinski definition) is 1. The molecular formula is C14H17FN2O3. The first-order valence-corrected chi connectivity index (χ1v) is 6.52. The lowest BCUT2D eigenvalue weighted by molar-refractivity contribution is 0.198. The molecule has 0 saturated heterocycles. The van der Waals surface area contributed by atoms with Crippen LogP contribution in [0.1, 0.15) is 43.7 Å². The van der Waals surface area contributed by atoms with E-state index < -0.39 is 11.9 Å². The Balaban J connectivity index is 1.99. The number of halogens is 1. The minimum atomic E-state index is -0.717. The molecule has 2 aromatic rings. The van der Waals surface area contributed by atoms with Crippen molar-refractivity contribution in [1.29, 1.82) is 0 Å². The number of ether oxygens (including phenoxy) is 1. The summed E-state index contributed by atoms with van der Waals surface area (Å²) in [5, 5.41) is 13.1. The molecular weight excluding hydrogens is 263 g/mol. The third-order valence-electron chi connectivity index (χ3n) is 2.77. The van der Waals surface area contributed by atoms with Crippen molar-refractivity contribution in [3.8, 4) is 5.75 Å². The van der Waals surface area contributed by atoms with Crippen LogP contribution in [0.2, 0.25) is 0 Å². The van der Waals surface area contributed by atoms with Crippen molar-refractivity contribution >= 4 is 0 Å². The molecule has 0 aliphatic rings. The van der Waals surface area contributed by atoms with E-state index in [1.165, 1.54) is 12.1 Å². The highest BCUT2D eigenvalue weighted by Crippen LogP contribution is 2.22. The lowest BCUT2D eigenvalue weighted by Crippen LogP contribution is -2.00. The Morgan fingerprint density at radius 2 is 2.25 bits per heavy atom. The highest BCUT2D eigenvalue weighted by atomic mass is 19.1. The van der Waals surface area contributed by atoms with Gasteiger partial charge in [-0.25, -0.2) is 4.39 Å². The first kappa shape index (κ1) is 14.5. The fourth-order valence-corrected chi connectivity index (χ4v) is 1.71. The van der Waals surface area contributed by atoms with Crippen LogP contribution in [0.3, 0.4) is 0 Å². The van der Waals surface area contributed by atoms with Gasteiger partial charge in [0.2, 0.25) is 0 Å². The van der Waals surface area contributed by atoms with Crippen LogP contribution in [0.5, 0.6) is 5.75 Å². The van der Waals surface area contributed by atoms with E-state index in [0.717, 1.165) is 12.8 Å². The molecule has 108 valence electrons. The standard InChI is InChI=1S/C14H17FN2O3/c1-3-4-13-16-14(20-17-13)8-19-12-6-5-10(9(2)18)7-11(12)15/h5-7,9,18H,3-4,8H2,1-2H3/t9-/m0/s1. The van der Waals surface area contributed by atoms with Crippen LogP contribution in [0.4, 0.5) is 4.39 Å². The third kappa shape index (κ3) is 3.54. The molecule has 0 bridgehead atoms. The van der Waals surface area contributed by atoms with Crippen molar-refractivity contribution in [2.75, 3.05) is 0 Å². The van der Waals surface area contributed by atoms with Gasteiger partial charge in [-0.05, 0) is 31.0 Å². The molecule has 1 aromatic carbocycles. The van der Waals surface area contributed by atoms with Gasteiger partial charge >= 0.3 is 0 Å². The zero-order valence-corrected chi connectivity index (χ0v) is 11.5. The van der Waals surface area contributed by atoms with E-state index in [2.05, 4.69) is 10.1 Å². The molecule has 0 spiro atoms. The van der Waals surface area contributed by atoms with Gasteiger partial charge in [-0.3, -0.25) is 0 Å². The maximum absolute atomic E-state index is 13.7. The highest BCUT2D eigenvalue weighted by Gasteiger charge is 2.10. The number of aromatic nitrogens is 2. The van der Waals surface area contributed by atoms with E-state index in [9.17, 15) is 9.50 Å². The van der Waals surface area contributed by atoms with Gasteiger partial charge in [0.15, 0.2) is 24.0 Å². The SMILES string of the molecule is CCCc1noc(COc2ccc([C@H](C)O)cc2F)n1. The summed E-state index contributed by atoms with van der Waals surface area (Å²) in [4.78, 5) is 4.13. The quantitative estimate of drug-likeness (QED) is 0.881. The number of benzene rings is 1. The average molecular weight is 280 g/mol. The van der Waals surface area contributed by atoms with Crippen molar-refractivity contribution in [1.82, 2.24) is 10.1 Å². The highest BCUT2D eigenvalue weighted by molar-refractivity contribution is 5.30. The van der Waals surface area contributed by atoms with Crippen LogP contribution in [0.25, 0.3) is 0 Å². The molecule has 0 aliphatic heterocycles. The molecule has 1 N–H and O–H groups in total. The number of rotatable bonds is 6. The molecule has 1 aromatic heterocycles. The molecule has 1 atom stereocenters. The summed E-state index contributed by atoms with van der Waals surface area (Å²) in [5.41, 5.74) is 0.498. The lowest BCUT2D eigenvalue weighted by atomic mass is 10.1. The summed E-state index contributed by atoms with van der Waals surface area (Å²) in [6.45, 7) is 3.61. The average Bonchev–Trinajstić information content (AvgIpc) is 2.85. The van der Waals surface area contributed by atoms with Gasteiger partial charge < -0.3 is 14.4 Å². The minimum absolute atomic E-state index is 0.0155. The fraction of sp³-hybridized carbons (Fsp3) is 0.429. The van der Waals surface area contributed by atoms with Gasteiger partial charge in [0, 0.05) is 6.42 Å².